The number of benzene rings is 1. The van der Waals surface area contributed by atoms with Crippen molar-refractivity contribution in [1.82, 2.24) is 20.6 Å². The number of imidazole rings is 1. The summed E-state index contributed by atoms with van der Waals surface area (Å²) in [6, 6.07) is 6.00. The van der Waals surface area contributed by atoms with Crippen LogP contribution in [0.4, 0.5) is 4.79 Å². The Kier molecular flexibility index (Phi) is 6.18. The molecule has 0 spiro atoms. The fourth-order valence-corrected chi connectivity index (χ4v) is 2.10. The molecule has 0 fully saturated rings. The molecular formula is C16H20N4O4. The summed E-state index contributed by atoms with van der Waals surface area (Å²) in [5.74, 6) is 0.209. The molecule has 1 aromatic carbocycles. The molecule has 2 amide bonds. The number of methoxy groups -OCH3 is 2. The van der Waals surface area contributed by atoms with Crippen molar-refractivity contribution in [3.05, 3.63) is 48.0 Å². The Balaban J connectivity index is 1.94. The number of H-pyrrole nitrogens is 1. The van der Waals surface area contributed by atoms with Gasteiger partial charge < -0.3 is 25.1 Å². The van der Waals surface area contributed by atoms with Gasteiger partial charge in [0.2, 0.25) is 0 Å². The first-order valence-corrected chi connectivity index (χ1v) is 7.34. The van der Waals surface area contributed by atoms with E-state index < -0.39 is 18.0 Å². The van der Waals surface area contributed by atoms with E-state index in [9.17, 15) is 9.59 Å². The second kappa shape index (κ2) is 8.56. The highest BCUT2D eigenvalue weighted by molar-refractivity contribution is 5.83. The number of urea groups is 1. The number of nitrogens with one attached hydrogen (secondary N) is 3. The van der Waals surface area contributed by atoms with Gasteiger partial charge in [-0.1, -0.05) is 12.1 Å². The van der Waals surface area contributed by atoms with Gasteiger partial charge in [0, 0.05) is 12.6 Å². The maximum atomic E-state index is 12.0. The molecule has 0 aliphatic carbocycles. The van der Waals surface area contributed by atoms with Crippen molar-refractivity contribution in [1.29, 1.82) is 0 Å². The minimum Gasteiger partial charge on any atom is -0.497 e. The Morgan fingerprint density at radius 3 is 2.58 bits per heavy atom. The SMILES string of the molecule is COC(=O)C(Cc1ccc(OC)cc1)NC(=O)NCc1cnc[nH]1. The van der Waals surface area contributed by atoms with Crippen LogP contribution in [0.3, 0.4) is 0 Å². The van der Waals surface area contributed by atoms with Crippen LogP contribution in [0.1, 0.15) is 11.3 Å². The number of amides is 2. The number of hydrogen-bond acceptors (Lipinski definition) is 5. The molecule has 0 bridgehead atoms. The minimum atomic E-state index is -0.787. The molecule has 2 rings (SSSR count). The molecule has 128 valence electrons. The summed E-state index contributed by atoms with van der Waals surface area (Å²) in [6.07, 6.45) is 3.44. The summed E-state index contributed by atoms with van der Waals surface area (Å²) in [5, 5.41) is 5.27. The third kappa shape index (κ3) is 5.01. The molecular weight excluding hydrogens is 312 g/mol. The lowest BCUT2D eigenvalue weighted by Gasteiger charge is -2.17. The van der Waals surface area contributed by atoms with E-state index >= 15 is 0 Å². The van der Waals surface area contributed by atoms with Gasteiger partial charge in [-0.3, -0.25) is 0 Å². The molecule has 3 N–H and O–H groups in total. The molecule has 1 heterocycles. The number of esters is 1. The van der Waals surface area contributed by atoms with Crippen molar-refractivity contribution in [3.63, 3.8) is 0 Å². The van der Waals surface area contributed by atoms with Gasteiger partial charge in [0.1, 0.15) is 11.8 Å². The first kappa shape index (κ1) is 17.3. The average molecular weight is 332 g/mol. The summed E-state index contributed by atoms with van der Waals surface area (Å²) in [4.78, 5) is 30.6. The number of rotatable bonds is 7. The average Bonchev–Trinajstić information content (AvgIpc) is 3.13. The molecule has 0 saturated heterocycles. The van der Waals surface area contributed by atoms with Gasteiger partial charge in [0.25, 0.3) is 0 Å². The molecule has 1 unspecified atom stereocenters. The van der Waals surface area contributed by atoms with Crippen LogP contribution in [0.15, 0.2) is 36.8 Å². The van der Waals surface area contributed by atoms with Crippen molar-refractivity contribution in [2.24, 2.45) is 0 Å². The number of hydrogen-bond donors (Lipinski definition) is 3. The monoisotopic (exact) mass is 332 g/mol. The number of carbonyl (C=O) groups excluding carboxylic acids is 2. The van der Waals surface area contributed by atoms with Gasteiger partial charge >= 0.3 is 12.0 Å². The highest BCUT2D eigenvalue weighted by Crippen LogP contribution is 2.13. The van der Waals surface area contributed by atoms with Crippen molar-refractivity contribution >= 4 is 12.0 Å². The third-order valence-corrected chi connectivity index (χ3v) is 3.38. The largest absolute Gasteiger partial charge is 0.497 e. The molecule has 0 saturated carbocycles. The van der Waals surface area contributed by atoms with E-state index in [0.29, 0.717) is 6.42 Å². The molecule has 1 atom stereocenters. The van der Waals surface area contributed by atoms with Crippen molar-refractivity contribution in [2.75, 3.05) is 14.2 Å². The third-order valence-electron chi connectivity index (χ3n) is 3.38. The lowest BCUT2D eigenvalue weighted by Crippen LogP contribution is -2.47. The van der Waals surface area contributed by atoms with Crippen LogP contribution in [0.25, 0.3) is 0 Å². The molecule has 1 aromatic heterocycles. The van der Waals surface area contributed by atoms with Gasteiger partial charge in [-0.15, -0.1) is 0 Å². The number of ether oxygens (including phenoxy) is 2. The summed E-state index contributed by atoms with van der Waals surface area (Å²) >= 11 is 0. The number of nitrogens with zero attached hydrogens (tertiary/aromatic N) is 1. The standard InChI is InChI=1S/C16H20N4O4/c1-23-13-5-3-11(4-6-13)7-14(15(21)24-2)20-16(22)18-9-12-8-17-10-19-12/h3-6,8,10,14H,7,9H2,1-2H3,(H,17,19)(H2,18,20,22). The number of carbonyl (C=O) groups is 2. The molecule has 8 heteroatoms. The summed E-state index contributed by atoms with van der Waals surface area (Å²) in [6.45, 7) is 0.280. The van der Waals surface area contributed by atoms with E-state index in [1.165, 1.54) is 13.4 Å². The number of aromatic amines is 1. The van der Waals surface area contributed by atoms with Crippen LogP contribution < -0.4 is 15.4 Å². The van der Waals surface area contributed by atoms with Crippen molar-refractivity contribution in [2.45, 2.75) is 19.0 Å². The lowest BCUT2D eigenvalue weighted by atomic mass is 10.1. The summed E-state index contributed by atoms with van der Waals surface area (Å²) in [7, 11) is 2.87. The summed E-state index contributed by atoms with van der Waals surface area (Å²) < 4.78 is 9.85. The van der Waals surface area contributed by atoms with Crippen molar-refractivity contribution < 1.29 is 19.1 Å². The minimum absolute atomic E-state index is 0.280. The van der Waals surface area contributed by atoms with Gasteiger partial charge in [-0.05, 0) is 17.7 Å². The van der Waals surface area contributed by atoms with E-state index in [1.807, 2.05) is 12.1 Å². The zero-order valence-corrected chi connectivity index (χ0v) is 13.5. The smallest absolute Gasteiger partial charge is 0.328 e. The molecule has 8 nitrogen and oxygen atoms in total. The molecule has 24 heavy (non-hydrogen) atoms. The Morgan fingerprint density at radius 1 is 1.25 bits per heavy atom. The van der Waals surface area contributed by atoms with Gasteiger partial charge in [-0.25, -0.2) is 14.6 Å². The first-order chi connectivity index (χ1) is 11.6. The van der Waals surface area contributed by atoms with E-state index in [1.54, 1.807) is 25.4 Å². The Labute approximate surface area is 139 Å². The number of aromatic nitrogens is 2. The maximum absolute atomic E-state index is 12.0. The van der Waals surface area contributed by atoms with Gasteiger partial charge in [0.15, 0.2) is 0 Å². The topological polar surface area (TPSA) is 105 Å². The highest BCUT2D eigenvalue weighted by Gasteiger charge is 2.22. The molecule has 0 aliphatic heterocycles. The zero-order valence-electron chi connectivity index (χ0n) is 13.5. The Hall–Kier alpha value is -3.03. The second-order valence-electron chi connectivity index (χ2n) is 5.03. The van der Waals surface area contributed by atoms with E-state index in [4.69, 9.17) is 9.47 Å². The highest BCUT2D eigenvalue weighted by atomic mass is 16.5. The van der Waals surface area contributed by atoms with Crippen LogP contribution in [-0.4, -0.2) is 42.2 Å². The molecule has 0 aliphatic rings. The Morgan fingerprint density at radius 2 is 2.00 bits per heavy atom. The van der Waals surface area contributed by atoms with E-state index in [2.05, 4.69) is 20.6 Å². The van der Waals surface area contributed by atoms with Crippen LogP contribution >= 0.6 is 0 Å². The summed E-state index contributed by atoms with van der Waals surface area (Å²) in [5.41, 5.74) is 1.63. The van der Waals surface area contributed by atoms with Crippen LogP contribution in [0.2, 0.25) is 0 Å². The van der Waals surface area contributed by atoms with Crippen molar-refractivity contribution in [3.8, 4) is 5.75 Å². The van der Waals surface area contributed by atoms with Crippen LogP contribution in [0, 0.1) is 0 Å². The lowest BCUT2D eigenvalue weighted by molar-refractivity contribution is -0.142. The fourth-order valence-electron chi connectivity index (χ4n) is 2.10. The van der Waals surface area contributed by atoms with Crippen LogP contribution in [-0.2, 0) is 22.5 Å². The maximum Gasteiger partial charge on any atom is 0.328 e. The van der Waals surface area contributed by atoms with Gasteiger partial charge in [-0.2, -0.15) is 0 Å². The normalized spacial score (nSPS) is 11.4. The fraction of sp³-hybridized carbons (Fsp3) is 0.312. The molecule has 0 radical (unpaired) electrons. The predicted octanol–water partition coefficient (Wildman–Crippen LogP) is 1.00. The van der Waals surface area contributed by atoms with Crippen LogP contribution in [0.5, 0.6) is 5.75 Å². The second-order valence-corrected chi connectivity index (χ2v) is 5.03. The van der Waals surface area contributed by atoms with E-state index in [-0.39, 0.29) is 6.54 Å². The zero-order chi connectivity index (χ0) is 17.4. The van der Waals surface area contributed by atoms with Gasteiger partial charge in [0.05, 0.1) is 32.8 Å². The Bertz CT molecular complexity index is 655. The molecule has 2 aromatic rings. The van der Waals surface area contributed by atoms with E-state index in [0.717, 1.165) is 17.0 Å². The predicted molar refractivity (Wildman–Crippen MR) is 86.5 cm³/mol. The first-order valence-electron chi connectivity index (χ1n) is 7.34. The quantitative estimate of drug-likeness (QED) is 0.656.